The highest BCUT2D eigenvalue weighted by Gasteiger charge is 2.18. The maximum absolute atomic E-state index is 11.5. The van der Waals surface area contributed by atoms with E-state index in [2.05, 4.69) is 30.2 Å². The van der Waals surface area contributed by atoms with Crippen LogP contribution in [-0.2, 0) is 22.4 Å². The third-order valence-corrected chi connectivity index (χ3v) is 4.91. The maximum Gasteiger partial charge on any atom is 0.299 e. The van der Waals surface area contributed by atoms with Crippen molar-refractivity contribution in [2.24, 2.45) is 0 Å². The first-order chi connectivity index (χ1) is 17.2. The minimum atomic E-state index is -0.246. The van der Waals surface area contributed by atoms with Crippen LogP contribution in [0.25, 0.3) is 0 Å². The summed E-state index contributed by atoms with van der Waals surface area (Å²) in [5.41, 5.74) is 2.67. The first kappa shape index (κ1) is 34.6. The van der Waals surface area contributed by atoms with Crippen LogP contribution in [0.1, 0.15) is 77.8 Å². The SMILES string of the molecule is CC.CC.CCCB(C#N)CC(=O)OCCCCc1ccccc1.OCCCCc1ccccc1. The number of aryl methyl sites for hydroxylation is 2. The highest BCUT2D eigenvalue weighted by atomic mass is 16.5. The fourth-order valence-corrected chi connectivity index (χ4v) is 3.17. The van der Waals surface area contributed by atoms with E-state index in [-0.39, 0.29) is 19.0 Å². The van der Waals surface area contributed by atoms with Crippen molar-refractivity contribution in [3.63, 3.8) is 0 Å². The summed E-state index contributed by atoms with van der Waals surface area (Å²) in [5, 5.41) is 17.4. The molecule has 0 radical (unpaired) electrons. The van der Waals surface area contributed by atoms with E-state index < -0.39 is 0 Å². The minimum Gasteiger partial charge on any atom is -0.466 e. The molecule has 0 amide bonds. The van der Waals surface area contributed by atoms with E-state index in [4.69, 9.17) is 15.1 Å². The van der Waals surface area contributed by atoms with Crippen LogP contribution >= 0.6 is 0 Å². The quantitative estimate of drug-likeness (QED) is 0.182. The van der Waals surface area contributed by atoms with E-state index in [0.29, 0.717) is 13.2 Å². The summed E-state index contributed by atoms with van der Waals surface area (Å²) >= 11 is 0. The number of hydrogen-bond acceptors (Lipinski definition) is 4. The van der Waals surface area contributed by atoms with Crippen LogP contribution in [0.2, 0.25) is 12.6 Å². The van der Waals surface area contributed by atoms with Crippen molar-refractivity contribution in [3.8, 4) is 5.97 Å². The van der Waals surface area contributed by atoms with Gasteiger partial charge < -0.3 is 9.84 Å². The van der Waals surface area contributed by atoms with Gasteiger partial charge in [-0.25, -0.2) is 5.26 Å². The molecule has 0 saturated carbocycles. The normalized spacial score (nSPS) is 9.06. The molecule has 0 bridgehead atoms. The van der Waals surface area contributed by atoms with E-state index in [1.807, 2.05) is 71.0 Å². The zero-order valence-electron chi connectivity index (χ0n) is 22.8. The van der Waals surface area contributed by atoms with Gasteiger partial charge in [0.15, 0.2) is 0 Å². The van der Waals surface area contributed by atoms with Gasteiger partial charge in [0.05, 0.1) is 6.61 Å². The van der Waals surface area contributed by atoms with Gasteiger partial charge in [-0.2, -0.15) is 0 Å². The van der Waals surface area contributed by atoms with E-state index in [1.165, 1.54) is 11.1 Å². The molecule has 2 aromatic rings. The fourth-order valence-electron chi connectivity index (χ4n) is 3.17. The zero-order chi connectivity index (χ0) is 26.6. The highest BCUT2D eigenvalue weighted by molar-refractivity contribution is 6.69. The van der Waals surface area contributed by atoms with E-state index >= 15 is 0 Å². The third kappa shape index (κ3) is 21.7. The zero-order valence-corrected chi connectivity index (χ0v) is 22.8. The molecular weight excluding hydrogens is 433 g/mol. The average Bonchev–Trinajstić information content (AvgIpc) is 2.92. The summed E-state index contributed by atoms with van der Waals surface area (Å²) in [6.07, 6.45) is 7.87. The van der Waals surface area contributed by atoms with Crippen molar-refractivity contribution >= 4 is 12.7 Å². The molecule has 0 unspecified atom stereocenters. The number of benzene rings is 2. The van der Waals surface area contributed by atoms with Crippen LogP contribution < -0.4 is 0 Å². The smallest absolute Gasteiger partial charge is 0.299 e. The maximum atomic E-state index is 11.5. The van der Waals surface area contributed by atoms with Gasteiger partial charge in [0, 0.05) is 18.9 Å². The van der Waals surface area contributed by atoms with Gasteiger partial charge in [-0.3, -0.25) is 4.79 Å². The van der Waals surface area contributed by atoms with Crippen molar-refractivity contribution < 1.29 is 14.6 Å². The minimum absolute atomic E-state index is 0.197. The topological polar surface area (TPSA) is 70.3 Å². The van der Waals surface area contributed by atoms with Gasteiger partial charge in [0.2, 0.25) is 0 Å². The molecule has 194 valence electrons. The molecule has 0 aliphatic heterocycles. The number of nitriles is 1. The van der Waals surface area contributed by atoms with Crippen LogP contribution in [0.4, 0.5) is 0 Å². The number of aliphatic hydroxyl groups excluding tert-OH is 1. The molecule has 0 heterocycles. The Kier molecular flexibility index (Phi) is 27.3. The molecule has 2 rings (SSSR count). The largest absolute Gasteiger partial charge is 0.466 e. The van der Waals surface area contributed by atoms with Crippen molar-refractivity contribution in [1.82, 2.24) is 0 Å². The number of nitrogens with zero attached hydrogens (tertiary/aromatic N) is 1. The summed E-state index contributed by atoms with van der Waals surface area (Å²) < 4.78 is 5.17. The first-order valence-corrected chi connectivity index (χ1v) is 13.4. The van der Waals surface area contributed by atoms with Crippen molar-refractivity contribution in [2.45, 2.75) is 92.2 Å². The van der Waals surface area contributed by atoms with Gasteiger partial charge in [0.25, 0.3) is 12.7 Å². The number of aliphatic hydroxyl groups is 1. The lowest BCUT2D eigenvalue weighted by Crippen LogP contribution is -2.17. The molecule has 2 aromatic carbocycles. The summed E-state index contributed by atoms with van der Waals surface area (Å²) in [7, 11) is 0. The van der Waals surface area contributed by atoms with Crippen molar-refractivity contribution in [2.75, 3.05) is 13.2 Å². The summed E-state index contributed by atoms with van der Waals surface area (Å²) in [5.74, 6) is 1.91. The summed E-state index contributed by atoms with van der Waals surface area (Å²) in [6, 6.07) is 20.7. The number of carbonyl (C=O) groups excluding carboxylic acids is 1. The second-order valence-electron chi connectivity index (χ2n) is 7.65. The summed E-state index contributed by atoms with van der Waals surface area (Å²) in [6.45, 7) is 10.6. The molecule has 0 fully saturated rings. The molecule has 0 spiro atoms. The van der Waals surface area contributed by atoms with E-state index in [0.717, 1.165) is 51.3 Å². The van der Waals surface area contributed by atoms with Gasteiger partial charge in [-0.05, 0) is 49.7 Å². The predicted octanol–water partition coefficient (Wildman–Crippen LogP) is 7.57. The Bertz CT molecular complexity index is 732. The molecule has 5 heteroatoms. The number of esters is 1. The lowest BCUT2D eigenvalue weighted by molar-refractivity contribution is -0.141. The second kappa shape index (κ2) is 27.7. The highest BCUT2D eigenvalue weighted by Crippen LogP contribution is 2.07. The van der Waals surface area contributed by atoms with Crippen LogP contribution in [-0.4, -0.2) is 31.0 Å². The lowest BCUT2D eigenvalue weighted by Gasteiger charge is -2.06. The predicted molar refractivity (Wildman–Crippen MR) is 151 cm³/mol. The Balaban J connectivity index is 0. The molecule has 0 saturated heterocycles. The molecule has 35 heavy (non-hydrogen) atoms. The molecular formula is C30H48BNO3. The number of ether oxygens (including phenoxy) is 1. The molecule has 0 aromatic heterocycles. The lowest BCUT2D eigenvalue weighted by atomic mass is 9.46. The number of hydrogen-bond donors (Lipinski definition) is 1. The monoisotopic (exact) mass is 481 g/mol. The van der Waals surface area contributed by atoms with Crippen LogP contribution in [0.5, 0.6) is 0 Å². The third-order valence-electron chi connectivity index (χ3n) is 4.91. The fraction of sp³-hybridized carbons (Fsp3) is 0.533. The molecule has 0 atom stereocenters. The van der Waals surface area contributed by atoms with Gasteiger partial charge in [-0.1, -0.05) is 108 Å². The Morgan fingerprint density at radius 2 is 1.34 bits per heavy atom. The standard InChI is InChI=1S/C16H22BNO2.C10H14O.2C2H6/c1-2-11-17(14-18)13-16(19)20-12-7-6-10-15-8-4-3-5-9-15;11-9-5-4-8-10-6-2-1-3-7-10;2*1-2/h3-5,8-9H,2,6-7,10-13H2,1H3;1-3,6-7,11H,4-5,8-9H2;2*1-2H3. The van der Waals surface area contributed by atoms with E-state index in [1.54, 1.807) is 0 Å². The van der Waals surface area contributed by atoms with Gasteiger partial charge in [0.1, 0.15) is 0 Å². The second-order valence-corrected chi connectivity index (χ2v) is 7.65. The van der Waals surface area contributed by atoms with Crippen LogP contribution in [0.3, 0.4) is 0 Å². The molecule has 4 nitrogen and oxygen atoms in total. The van der Waals surface area contributed by atoms with E-state index in [9.17, 15) is 4.79 Å². The Labute approximate surface area is 215 Å². The Morgan fingerprint density at radius 1 is 0.857 bits per heavy atom. The van der Waals surface area contributed by atoms with Gasteiger partial charge in [-0.15, -0.1) is 0 Å². The first-order valence-electron chi connectivity index (χ1n) is 13.4. The molecule has 0 aliphatic carbocycles. The number of carbonyl (C=O) groups is 1. The Hall–Kier alpha value is -2.58. The average molecular weight is 482 g/mol. The van der Waals surface area contributed by atoms with Crippen molar-refractivity contribution in [1.29, 1.82) is 5.26 Å². The van der Waals surface area contributed by atoms with Crippen LogP contribution in [0.15, 0.2) is 60.7 Å². The number of unbranched alkanes of at least 4 members (excludes halogenated alkanes) is 2. The van der Waals surface area contributed by atoms with Gasteiger partial charge >= 0.3 is 0 Å². The molecule has 1 N–H and O–H groups in total. The van der Waals surface area contributed by atoms with Crippen molar-refractivity contribution in [3.05, 3.63) is 71.8 Å². The summed E-state index contributed by atoms with van der Waals surface area (Å²) in [4.78, 5) is 11.5. The Morgan fingerprint density at radius 3 is 1.77 bits per heavy atom. The van der Waals surface area contributed by atoms with Crippen LogP contribution in [0, 0.1) is 11.2 Å². The number of rotatable bonds is 13. The molecule has 0 aliphatic rings.